The fraction of sp³-hybridized carbons (Fsp3) is 0.741. The van der Waals surface area contributed by atoms with Gasteiger partial charge in [0, 0.05) is 12.8 Å². The molecular weight excluding hydrogens is 838 g/mol. The number of quaternary nitrogens is 1. The lowest BCUT2D eigenvalue weighted by molar-refractivity contribution is -0.870. The van der Waals surface area contributed by atoms with Gasteiger partial charge in [0.2, 0.25) is 0 Å². The Labute approximate surface area is 398 Å². The zero-order valence-electron chi connectivity index (χ0n) is 42.0. The molecule has 0 aromatic rings. The number of allylic oxidation sites excluding steroid dienone is 10. The molecule has 376 valence electrons. The molecule has 10 nitrogen and oxygen atoms in total. The fourth-order valence-electron chi connectivity index (χ4n) is 6.82. The average Bonchev–Trinajstić information content (AvgIpc) is 3.26. The number of nitrogens with zero attached hydrogens (tertiary/aromatic N) is 1. The van der Waals surface area contributed by atoms with Gasteiger partial charge in [0.1, 0.15) is 19.8 Å². The van der Waals surface area contributed by atoms with E-state index < -0.39 is 38.6 Å². The number of likely N-dealkylation sites (N-methyl/N-ethyl adjacent to an activating group) is 1. The molecule has 0 aromatic carbocycles. The number of rotatable bonds is 46. The summed E-state index contributed by atoms with van der Waals surface area (Å²) in [6.07, 6.45) is 54.1. The second-order valence-corrected chi connectivity index (χ2v) is 19.8. The highest BCUT2D eigenvalue weighted by Gasteiger charge is 2.21. The summed E-state index contributed by atoms with van der Waals surface area (Å²) < 4.78 is 33.9. The summed E-state index contributed by atoms with van der Waals surface area (Å²) in [5.41, 5.74) is 0. The normalized spacial score (nSPS) is 14.5. The Balaban J connectivity index is 4.39. The molecule has 0 aliphatic heterocycles. The first-order valence-electron chi connectivity index (χ1n) is 25.8. The number of phosphoric ester groups is 1. The van der Waals surface area contributed by atoms with Crippen LogP contribution in [0.5, 0.6) is 0 Å². The van der Waals surface area contributed by atoms with E-state index in [0.29, 0.717) is 30.3 Å². The van der Waals surface area contributed by atoms with Crippen LogP contribution >= 0.6 is 7.82 Å². The number of esters is 2. The number of aliphatic hydroxyl groups excluding tert-OH is 1. The lowest BCUT2D eigenvalue weighted by Crippen LogP contribution is -2.37. The molecule has 0 saturated heterocycles. The second kappa shape index (κ2) is 45.2. The summed E-state index contributed by atoms with van der Waals surface area (Å²) in [4.78, 5) is 37.7. The van der Waals surface area contributed by atoms with Crippen LogP contribution in [0.25, 0.3) is 0 Å². The molecule has 0 aliphatic carbocycles. The molecule has 0 aromatic heterocycles. The van der Waals surface area contributed by atoms with E-state index in [1.165, 1.54) is 109 Å². The third kappa shape index (κ3) is 49.1. The number of hydrogen-bond donors (Lipinski definition) is 1. The van der Waals surface area contributed by atoms with Crippen molar-refractivity contribution in [3.05, 3.63) is 72.9 Å². The molecule has 0 fully saturated rings. The molecule has 1 N–H and O–H groups in total. The number of phosphoric acid groups is 1. The van der Waals surface area contributed by atoms with E-state index in [1.807, 2.05) is 69.8 Å². The monoisotopic (exact) mass is 934 g/mol. The van der Waals surface area contributed by atoms with Gasteiger partial charge < -0.3 is 33.0 Å². The minimum absolute atomic E-state index is 0.0522. The number of carbonyl (C=O) groups is 2. The van der Waals surface area contributed by atoms with Crippen molar-refractivity contribution in [2.45, 2.75) is 212 Å². The summed E-state index contributed by atoms with van der Waals surface area (Å²) >= 11 is 0. The molecule has 0 aliphatic rings. The maximum atomic E-state index is 12.7. The van der Waals surface area contributed by atoms with E-state index in [9.17, 15) is 24.2 Å². The Morgan fingerprint density at radius 2 is 1.08 bits per heavy atom. The fourth-order valence-corrected chi connectivity index (χ4v) is 7.55. The van der Waals surface area contributed by atoms with Crippen LogP contribution in [0.15, 0.2) is 72.9 Å². The van der Waals surface area contributed by atoms with Crippen LogP contribution in [0.1, 0.15) is 200 Å². The number of ether oxygens (including phenoxy) is 2. The van der Waals surface area contributed by atoms with Crippen molar-refractivity contribution < 1.29 is 47.2 Å². The minimum atomic E-state index is -4.66. The van der Waals surface area contributed by atoms with E-state index in [2.05, 4.69) is 32.1 Å². The Kier molecular flexibility index (Phi) is 43.4. The van der Waals surface area contributed by atoms with Crippen LogP contribution < -0.4 is 4.89 Å². The van der Waals surface area contributed by atoms with E-state index >= 15 is 0 Å². The molecule has 0 bridgehead atoms. The highest BCUT2D eigenvalue weighted by atomic mass is 31.2. The molecule has 11 heteroatoms. The quantitative estimate of drug-likeness (QED) is 0.0158. The first kappa shape index (κ1) is 62.4. The number of carbonyl (C=O) groups excluding carboxylic acids is 2. The molecule has 0 saturated carbocycles. The van der Waals surface area contributed by atoms with Gasteiger partial charge in [-0.15, -0.1) is 0 Å². The predicted octanol–water partition coefficient (Wildman–Crippen LogP) is 13.7. The van der Waals surface area contributed by atoms with Crippen LogP contribution in [0.3, 0.4) is 0 Å². The van der Waals surface area contributed by atoms with Crippen LogP contribution in [-0.4, -0.2) is 81.2 Å². The Morgan fingerprint density at radius 3 is 1.62 bits per heavy atom. The Bertz CT molecular complexity index is 1350. The molecule has 65 heavy (non-hydrogen) atoms. The molecule has 2 unspecified atom stereocenters. The SMILES string of the molecule is CC/C=C\C/C=C\CC(O)/C=C/C=C\C/C=C\C/C=C\CCC(=O)OC[C@H](COP(=O)([O-])OCC[N+](C)(C)C)OC(=O)CCCCCCCCCCCCCCCCCCCCCCC. The van der Waals surface area contributed by atoms with Crippen molar-refractivity contribution in [1.82, 2.24) is 0 Å². The molecule has 0 heterocycles. The summed E-state index contributed by atoms with van der Waals surface area (Å²) in [7, 11) is 1.10. The highest BCUT2D eigenvalue weighted by Crippen LogP contribution is 2.38. The molecular formula is C54H96NO9P. The number of hydrogen-bond acceptors (Lipinski definition) is 9. The van der Waals surface area contributed by atoms with Crippen molar-refractivity contribution in [2.24, 2.45) is 0 Å². The largest absolute Gasteiger partial charge is 0.756 e. The summed E-state index contributed by atoms with van der Waals surface area (Å²) in [5.74, 6) is -0.959. The van der Waals surface area contributed by atoms with Gasteiger partial charge in [-0.3, -0.25) is 14.2 Å². The lowest BCUT2D eigenvalue weighted by atomic mass is 10.0. The van der Waals surface area contributed by atoms with Crippen molar-refractivity contribution >= 4 is 19.8 Å². The van der Waals surface area contributed by atoms with Crippen LogP contribution in [-0.2, 0) is 32.7 Å². The third-order valence-electron chi connectivity index (χ3n) is 10.8. The van der Waals surface area contributed by atoms with E-state index in [1.54, 1.807) is 6.08 Å². The molecule has 0 rings (SSSR count). The van der Waals surface area contributed by atoms with Gasteiger partial charge in [-0.25, -0.2) is 0 Å². The molecule has 3 atom stereocenters. The Morgan fingerprint density at radius 1 is 0.585 bits per heavy atom. The van der Waals surface area contributed by atoms with Crippen molar-refractivity contribution in [3.63, 3.8) is 0 Å². The standard InChI is InChI=1S/C54H96NO9P/c1-6-8-10-12-14-15-16-17-18-19-20-21-22-23-24-25-26-31-34-38-42-46-54(58)64-52(50-63-65(59,60)62-48-47-55(3,4)5)49-61-53(57)45-41-37-33-30-28-27-29-32-36-40-44-51(56)43-39-35-13-11-9-7-2/h9,11,27-28,32-33,35-37,39-40,44,51-52,56H,6-8,10,12-26,29-31,34,38,41-43,45-50H2,1-5H3/b11-9-,28-27-,36-32-,37-33-,39-35-,44-40+/t51?,52-/m1/s1. The van der Waals surface area contributed by atoms with Gasteiger partial charge in [-0.1, -0.05) is 215 Å². The maximum Gasteiger partial charge on any atom is 0.306 e. The Hall–Kier alpha value is -2.59. The van der Waals surface area contributed by atoms with E-state index in [4.69, 9.17) is 18.5 Å². The first-order chi connectivity index (χ1) is 31.4. The molecule has 0 spiro atoms. The summed E-state index contributed by atoms with van der Waals surface area (Å²) in [6.45, 7) is 3.97. The molecule has 0 radical (unpaired) electrons. The lowest BCUT2D eigenvalue weighted by Gasteiger charge is -2.28. The van der Waals surface area contributed by atoms with Gasteiger partial charge in [-0.05, 0) is 44.9 Å². The average molecular weight is 934 g/mol. The van der Waals surface area contributed by atoms with Gasteiger partial charge in [0.15, 0.2) is 6.10 Å². The number of unbranched alkanes of at least 4 members (excludes halogenated alkanes) is 20. The topological polar surface area (TPSA) is 131 Å². The smallest absolute Gasteiger partial charge is 0.306 e. The minimum Gasteiger partial charge on any atom is -0.756 e. The van der Waals surface area contributed by atoms with Crippen molar-refractivity contribution in [1.29, 1.82) is 0 Å². The zero-order chi connectivity index (χ0) is 48.0. The summed E-state index contributed by atoms with van der Waals surface area (Å²) in [6, 6.07) is 0. The van der Waals surface area contributed by atoms with Gasteiger partial charge in [0.05, 0.1) is 33.9 Å². The first-order valence-corrected chi connectivity index (χ1v) is 27.2. The second-order valence-electron chi connectivity index (χ2n) is 18.4. The number of aliphatic hydroxyl groups is 1. The van der Waals surface area contributed by atoms with Crippen LogP contribution in [0, 0.1) is 0 Å². The van der Waals surface area contributed by atoms with E-state index in [-0.39, 0.29) is 26.1 Å². The van der Waals surface area contributed by atoms with E-state index in [0.717, 1.165) is 44.9 Å². The summed E-state index contributed by atoms with van der Waals surface area (Å²) in [5, 5.41) is 10.0. The maximum absolute atomic E-state index is 12.7. The van der Waals surface area contributed by atoms with Crippen molar-refractivity contribution in [2.75, 3.05) is 47.5 Å². The van der Waals surface area contributed by atoms with Crippen molar-refractivity contribution in [3.8, 4) is 0 Å². The van der Waals surface area contributed by atoms with Gasteiger partial charge >= 0.3 is 11.9 Å². The third-order valence-corrected chi connectivity index (χ3v) is 11.8. The van der Waals surface area contributed by atoms with Gasteiger partial charge in [-0.2, -0.15) is 0 Å². The van der Waals surface area contributed by atoms with Crippen LogP contribution in [0.4, 0.5) is 0 Å². The predicted molar refractivity (Wildman–Crippen MR) is 269 cm³/mol. The highest BCUT2D eigenvalue weighted by molar-refractivity contribution is 7.45. The van der Waals surface area contributed by atoms with Crippen LogP contribution in [0.2, 0.25) is 0 Å². The zero-order valence-corrected chi connectivity index (χ0v) is 42.9. The molecule has 0 amide bonds. The van der Waals surface area contributed by atoms with Gasteiger partial charge in [0.25, 0.3) is 7.82 Å².